The predicted octanol–water partition coefficient (Wildman–Crippen LogP) is 4.91. The molecule has 0 aliphatic carbocycles. The van der Waals surface area contributed by atoms with Gasteiger partial charge in [-0.2, -0.15) is 13.2 Å². The summed E-state index contributed by atoms with van der Waals surface area (Å²) in [5.74, 6) is -0.433. The van der Waals surface area contributed by atoms with E-state index in [2.05, 4.69) is 0 Å². The van der Waals surface area contributed by atoms with Gasteiger partial charge in [0.25, 0.3) is 5.56 Å². The Morgan fingerprint density at radius 1 is 1.12 bits per heavy atom. The summed E-state index contributed by atoms with van der Waals surface area (Å²) >= 11 is 12.0. The normalized spacial score (nSPS) is 16.8. The van der Waals surface area contributed by atoms with Crippen molar-refractivity contribution in [2.45, 2.75) is 31.9 Å². The Bertz CT molecular complexity index is 1250. The zero-order valence-corrected chi connectivity index (χ0v) is 18.0. The minimum atomic E-state index is -4.51. The van der Waals surface area contributed by atoms with Gasteiger partial charge in [0.2, 0.25) is 5.91 Å². The van der Waals surface area contributed by atoms with Crippen molar-refractivity contribution in [1.29, 1.82) is 0 Å². The largest absolute Gasteiger partial charge is 0.406 e. The third-order valence-corrected chi connectivity index (χ3v) is 6.12. The quantitative estimate of drug-likeness (QED) is 0.489. The molecule has 0 spiro atoms. The van der Waals surface area contributed by atoms with Crippen molar-refractivity contribution in [2.24, 2.45) is 0 Å². The summed E-state index contributed by atoms with van der Waals surface area (Å²) in [5.41, 5.74) is 0.0851. The predicted molar refractivity (Wildman–Crippen MR) is 114 cm³/mol. The number of alkyl halides is 4. The zero-order valence-electron chi connectivity index (χ0n) is 16.5. The molecule has 1 aliphatic heterocycles. The van der Waals surface area contributed by atoms with Crippen molar-refractivity contribution in [3.05, 3.63) is 57.1 Å². The molecule has 0 bridgehead atoms. The third kappa shape index (κ3) is 4.49. The molecule has 1 saturated heterocycles. The van der Waals surface area contributed by atoms with Gasteiger partial charge < -0.3 is 14.0 Å². The number of benzene rings is 1. The summed E-state index contributed by atoms with van der Waals surface area (Å²) in [4.78, 5) is 27.1. The van der Waals surface area contributed by atoms with Gasteiger partial charge in [-0.05, 0) is 30.2 Å². The summed E-state index contributed by atoms with van der Waals surface area (Å²) in [6.45, 7) is -1.41. The van der Waals surface area contributed by atoms with Crippen molar-refractivity contribution in [1.82, 2.24) is 14.0 Å². The Labute approximate surface area is 189 Å². The van der Waals surface area contributed by atoms with E-state index in [0.717, 1.165) is 9.13 Å². The molecular weight excluding hydrogens is 473 g/mol. The summed E-state index contributed by atoms with van der Waals surface area (Å²) in [6, 6.07) is 5.86. The molecule has 5 nitrogen and oxygen atoms in total. The number of carbonyl (C=O) groups excluding carboxylic acids is 1. The van der Waals surface area contributed by atoms with Gasteiger partial charge in [0.05, 0.1) is 27.5 Å². The monoisotopic (exact) mass is 489 g/mol. The number of carbonyl (C=O) groups is 1. The van der Waals surface area contributed by atoms with Crippen LogP contribution in [0.4, 0.5) is 17.6 Å². The molecule has 170 valence electrons. The summed E-state index contributed by atoms with van der Waals surface area (Å²) in [5, 5.41) is 0.462. The van der Waals surface area contributed by atoms with Crippen molar-refractivity contribution in [3.63, 3.8) is 0 Å². The molecule has 1 aromatic carbocycles. The first-order valence-electron chi connectivity index (χ1n) is 9.70. The highest BCUT2D eigenvalue weighted by Gasteiger charge is 2.30. The topological polar surface area (TPSA) is 47.2 Å². The second-order valence-corrected chi connectivity index (χ2v) is 8.46. The van der Waals surface area contributed by atoms with E-state index >= 15 is 0 Å². The lowest BCUT2D eigenvalue weighted by Gasteiger charge is -2.16. The average molecular weight is 490 g/mol. The molecule has 4 rings (SSSR count). The number of pyridine rings is 1. The van der Waals surface area contributed by atoms with Crippen molar-refractivity contribution in [2.75, 3.05) is 13.1 Å². The molecule has 1 amide bonds. The smallest absolute Gasteiger partial charge is 0.338 e. The van der Waals surface area contributed by atoms with E-state index < -0.39 is 30.4 Å². The number of rotatable bonds is 4. The second-order valence-electron chi connectivity index (χ2n) is 7.65. The van der Waals surface area contributed by atoms with Crippen LogP contribution in [0, 0.1) is 0 Å². The molecule has 1 unspecified atom stereocenters. The molecule has 1 fully saturated rings. The van der Waals surface area contributed by atoms with Gasteiger partial charge in [0.1, 0.15) is 19.3 Å². The molecule has 1 aliphatic rings. The Morgan fingerprint density at radius 3 is 2.50 bits per heavy atom. The van der Waals surface area contributed by atoms with E-state index in [9.17, 15) is 27.2 Å². The molecule has 0 N–H and O–H groups in total. The van der Waals surface area contributed by atoms with Crippen LogP contribution in [0.25, 0.3) is 22.0 Å². The summed E-state index contributed by atoms with van der Waals surface area (Å²) in [6.07, 6.45) is -2.86. The van der Waals surface area contributed by atoms with Crippen molar-refractivity contribution in [3.8, 4) is 11.1 Å². The first-order valence-corrected chi connectivity index (χ1v) is 10.5. The van der Waals surface area contributed by atoms with Crippen molar-refractivity contribution < 1.29 is 22.4 Å². The van der Waals surface area contributed by atoms with Gasteiger partial charge in [0.15, 0.2) is 0 Å². The van der Waals surface area contributed by atoms with Gasteiger partial charge >= 0.3 is 6.18 Å². The van der Waals surface area contributed by atoms with Crippen LogP contribution >= 0.6 is 23.2 Å². The van der Waals surface area contributed by atoms with E-state index in [0.29, 0.717) is 5.56 Å². The lowest BCUT2D eigenvalue weighted by atomic mass is 10.1. The van der Waals surface area contributed by atoms with E-state index in [-0.39, 0.29) is 52.6 Å². The minimum Gasteiger partial charge on any atom is -0.338 e. The van der Waals surface area contributed by atoms with Crippen LogP contribution in [0.15, 0.2) is 41.5 Å². The number of hydrogen-bond donors (Lipinski definition) is 0. The second kappa shape index (κ2) is 8.44. The Morgan fingerprint density at radius 2 is 1.88 bits per heavy atom. The lowest BCUT2D eigenvalue weighted by Crippen LogP contribution is -2.35. The molecule has 2 aromatic heterocycles. The third-order valence-electron chi connectivity index (χ3n) is 5.38. The fraction of sp³-hybridized carbons (Fsp3) is 0.333. The number of likely N-dealkylation sites (tertiary alicyclic amines) is 1. The van der Waals surface area contributed by atoms with Crippen LogP contribution < -0.4 is 5.56 Å². The van der Waals surface area contributed by atoms with Gasteiger partial charge in [-0.15, -0.1) is 0 Å². The fourth-order valence-electron chi connectivity index (χ4n) is 3.87. The van der Waals surface area contributed by atoms with Crippen LogP contribution in [-0.4, -0.2) is 45.4 Å². The summed E-state index contributed by atoms with van der Waals surface area (Å²) in [7, 11) is 0. The van der Waals surface area contributed by atoms with Crippen LogP contribution in [0.5, 0.6) is 0 Å². The SMILES string of the molecule is O=C(Cn1ccc2c(c(-c3ccc(Cl)c(Cl)c3)cn2CC(F)(F)F)c1=O)N1CCC(F)C1. The zero-order chi connectivity index (χ0) is 23.2. The fourth-order valence-corrected chi connectivity index (χ4v) is 4.17. The maximum atomic E-state index is 13.4. The standard InChI is InChI=1S/C21H17Cl2F4N3O2/c22-15-2-1-12(7-16(15)23)14-9-30(11-21(25,26)27)17-4-6-29(20(32)19(14)17)10-18(31)28-5-3-13(24)8-28/h1-2,4,6-7,9,13H,3,5,8,10-11H2. The first-order chi connectivity index (χ1) is 15.0. The van der Waals surface area contributed by atoms with Crippen LogP contribution in [-0.2, 0) is 17.9 Å². The van der Waals surface area contributed by atoms with Gasteiger partial charge in [-0.3, -0.25) is 9.59 Å². The highest BCUT2D eigenvalue weighted by Crippen LogP contribution is 2.34. The maximum absolute atomic E-state index is 13.4. The highest BCUT2D eigenvalue weighted by atomic mass is 35.5. The van der Waals surface area contributed by atoms with E-state index in [4.69, 9.17) is 23.2 Å². The number of fused-ring (bicyclic) bond motifs is 1. The lowest BCUT2D eigenvalue weighted by molar-refractivity contribution is -0.139. The van der Waals surface area contributed by atoms with Gasteiger partial charge in [-0.25, -0.2) is 4.39 Å². The number of aromatic nitrogens is 2. The average Bonchev–Trinajstić information content (AvgIpc) is 3.29. The van der Waals surface area contributed by atoms with E-state index in [1.54, 1.807) is 6.07 Å². The Hall–Kier alpha value is -2.52. The molecule has 3 heterocycles. The summed E-state index contributed by atoms with van der Waals surface area (Å²) < 4.78 is 54.9. The number of nitrogens with zero attached hydrogens (tertiary/aromatic N) is 3. The molecule has 3 aromatic rings. The van der Waals surface area contributed by atoms with Crippen LogP contribution in [0.1, 0.15) is 6.42 Å². The molecule has 1 atom stereocenters. The number of halogens is 6. The number of amides is 1. The van der Waals surface area contributed by atoms with E-state index in [1.165, 1.54) is 35.5 Å². The molecule has 0 saturated carbocycles. The highest BCUT2D eigenvalue weighted by molar-refractivity contribution is 6.42. The minimum absolute atomic E-state index is 0.0210. The molecular formula is C21H17Cl2F4N3O2. The van der Waals surface area contributed by atoms with Crippen LogP contribution in [0.3, 0.4) is 0 Å². The molecule has 32 heavy (non-hydrogen) atoms. The Balaban J connectivity index is 1.82. The van der Waals surface area contributed by atoms with Crippen LogP contribution in [0.2, 0.25) is 10.0 Å². The van der Waals surface area contributed by atoms with E-state index in [1.807, 2.05) is 0 Å². The molecule has 11 heteroatoms. The van der Waals surface area contributed by atoms with Gasteiger partial charge in [0, 0.05) is 24.5 Å². The number of hydrogen-bond acceptors (Lipinski definition) is 2. The maximum Gasteiger partial charge on any atom is 0.406 e. The Kier molecular flexibility index (Phi) is 5.98. The van der Waals surface area contributed by atoms with Crippen molar-refractivity contribution >= 4 is 40.0 Å². The first kappa shape index (κ1) is 22.7. The van der Waals surface area contributed by atoms with Gasteiger partial charge in [-0.1, -0.05) is 29.3 Å². The molecule has 0 radical (unpaired) electrons.